The number of rotatable bonds is 1. The van der Waals surface area contributed by atoms with E-state index < -0.39 is 0 Å². The van der Waals surface area contributed by atoms with E-state index in [1.165, 1.54) is 11.8 Å². The summed E-state index contributed by atoms with van der Waals surface area (Å²) in [5.41, 5.74) is 2.62. The predicted octanol–water partition coefficient (Wildman–Crippen LogP) is 1.99. The van der Waals surface area contributed by atoms with Crippen molar-refractivity contribution in [3.05, 3.63) is 23.8 Å². The van der Waals surface area contributed by atoms with E-state index in [9.17, 15) is 4.79 Å². The molecule has 18 heavy (non-hydrogen) atoms. The molecule has 1 aliphatic rings. The summed E-state index contributed by atoms with van der Waals surface area (Å²) in [4.78, 5) is 15.7. The number of fused-ring (bicyclic) bond motifs is 1. The number of carbonyl (C=O) groups is 1. The van der Waals surface area contributed by atoms with Gasteiger partial charge in [0.1, 0.15) is 0 Å². The minimum Gasteiger partial charge on any atom is -0.326 e. The molecule has 92 valence electrons. The Balaban J connectivity index is 2.38. The standard InChI is InChI=1S/C12H12N4OS/c1-18-12(14-7-13)16-10-4-2-3-9-8(10)5-6-11(17)15-9/h2-4H,5-6H2,1H3,(H,14,16)(H,15,17). The van der Waals surface area contributed by atoms with Gasteiger partial charge in [-0.1, -0.05) is 17.8 Å². The molecule has 0 saturated heterocycles. The molecule has 0 radical (unpaired) electrons. The molecule has 1 aromatic rings. The normalized spacial score (nSPS) is 14.4. The van der Waals surface area contributed by atoms with Gasteiger partial charge >= 0.3 is 0 Å². The first kappa shape index (κ1) is 12.5. The van der Waals surface area contributed by atoms with Crippen molar-refractivity contribution in [2.45, 2.75) is 12.8 Å². The molecule has 1 heterocycles. The summed E-state index contributed by atoms with van der Waals surface area (Å²) in [6, 6.07) is 5.58. The number of aliphatic imine (C=N–C) groups is 1. The molecule has 0 fully saturated rings. The summed E-state index contributed by atoms with van der Waals surface area (Å²) >= 11 is 1.37. The Labute approximate surface area is 109 Å². The van der Waals surface area contributed by atoms with E-state index >= 15 is 0 Å². The number of thioether (sulfide) groups is 1. The molecule has 6 heteroatoms. The fourth-order valence-electron chi connectivity index (χ4n) is 1.79. The first-order valence-electron chi connectivity index (χ1n) is 5.44. The number of carbonyl (C=O) groups excluding carboxylic acids is 1. The Morgan fingerprint density at radius 1 is 1.56 bits per heavy atom. The van der Waals surface area contributed by atoms with E-state index in [0.717, 1.165) is 16.9 Å². The number of amidine groups is 1. The number of anilines is 1. The molecule has 0 unspecified atom stereocenters. The number of amides is 1. The number of nitriles is 1. The van der Waals surface area contributed by atoms with Gasteiger partial charge < -0.3 is 5.32 Å². The molecule has 0 atom stereocenters. The van der Waals surface area contributed by atoms with E-state index in [4.69, 9.17) is 5.26 Å². The lowest BCUT2D eigenvalue weighted by Crippen LogP contribution is -2.19. The summed E-state index contributed by atoms with van der Waals surface area (Å²) in [6.07, 6.45) is 4.85. The van der Waals surface area contributed by atoms with Gasteiger partial charge in [-0.2, -0.15) is 5.26 Å². The summed E-state index contributed by atoms with van der Waals surface area (Å²) in [7, 11) is 0. The summed E-state index contributed by atoms with van der Waals surface area (Å²) in [6.45, 7) is 0. The molecule has 5 nitrogen and oxygen atoms in total. The van der Waals surface area contributed by atoms with Crippen molar-refractivity contribution in [3.63, 3.8) is 0 Å². The number of nitrogens with one attached hydrogen (secondary N) is 2. The van der Waals surface area contributed by atoms with E-state index in [-0.39, 0.29) is 5.91 Å². The second-order valence-corrected chi connectivity index (χ2v) is 4.50. The third kappa shape index (κ3) is 2.63. The summed E-state index contributed by atoms with van der Waals surface area (Å²) in [5, 5.41) is 14.5. The second kappa shape index (κ2) is 5.56. The Bertz CT molecular complexity index is 547. The zero-order chi connectivity index (χ0) is 13.0. The van der Waals surface area contributed by atoms with Crippen LogP contribution in [0.3, 0.4) is 0 Å². The minimum atomic E-state index is 0.0314. The van der Waals surface area contributed by atoms with Crippen LogP contribution in [0, 0.1) is 11.5 Å². The van der Waals surface area contributed by atoms with Crippen molar-refractivity contribution in [2.75, 3.05) is 11.6 Å². The number of hydrogen-bond acceptors (Lipinski definition) is 4. The van der Waals surface area contributed by atoms with E-state index in [0.29, 0.717) is 18.0 Å². The van der Waals surface area contributed by atoms with Gasteiger partial charge in [0.2, 0.25) is 5.91 Å². The summed E-state index contributed by atoms with van der Waals surface area (Å²) in [5.74, 6) is 0.0314. The molecule has 1 aromatic carbocycles. The molecule has 2 N–H and O–H groups in total. The third-order valence-corrected chi connectivity index (χ3v) is 3.19. The molecule has 1 aliphatic heterocycles. The van der Waals surface area contributed by atoms with Crippen LogP contribution in [0.5, 0.6) is 0 Å². The van der Waals surface area contributed by atoms with Crippen molar-refractivity contribution >= 4 is 34.2 Å². The van der Waals surface area contributed by atoms with Crippen LogP contribution in [0.1, 0.15) is 12.0 Å². The number of hydrogen-bond donors (Lipinski definition) is 2. The van der Waals surface area contributed by atoms with Gasteiger partial charge in [0, 0.05) is 17.7 Å². The Morgan fingerprint density at radius 2 is 2.39 bits per heavy atom. The van der Waals surface area contributed by atoms with Gasteiger partial charge in [0.25, 0.3) is 0 Å². The molecule has 0 spiro atoms. The first-order valence-corrected chi connectivity index (χ1v) is 6.66. The van der Waals surface area contributed by atoms with Gasteiger partial charge in [-0.25, -0.2) is 4.99 Å². The molecular formula is C12H12N4OS. The van der Waals surface area contributed by atoms with Crippen molar-refractivity contribution < 1.29 is 4.79 Å². The fourth-order valence-corrected chi connectivity index (χ4v) is 2.13. The van der Waals surface area contributed by atoms with Crippen molar-refractivity contribution in [2.24, 2.45) is 4.99 Å². The highest BCUT2D eigenvalue weighted by Crippen LogP contribution is 2.31. The highest BCUT2D eigenvalue weighted by atomic mass is 32.2. The lowest BCUT2D eigenvalue weighted by atomic mass is 10.0. The van der Waals surface area contributed by atoms with Crippen LogP contribution in [0.4, 0.5) is 11.4 Å². The Hall–Kier alpha value is -2.00. The predicted molar refractivity (Wildman–Crippen MR) is 72.8 cm³/mol. The maximum Gasteiger partial charge on any atom is 0.224 e. The van der Waals surface area contributed by atoms with Gasteiger partial charge in [-0.05, 0) is 24.8 Å². The molecule has 0 aliphatic carbocycles. The molecule has 1 amide bonds. The molecule has 0 bridgehead atoms. The van der Waals surface area contributed by atoms with Crippen LogP contribution in [0.25, 0.3) is 0 Å². The number of nitrogens with zero attached hydrogens (tertiary/aromatic N) is 2. The maximum absolute atomic E-state index is 11.3. The molecule has 0 aromatic heterocycles. The fraction of sp³-hybridized carbons (Fsp3) is 0.250. The van der Waals surface area contributed by atoms with Crippen LogP contribution in [-0.2, 0) is 11.2 Å². The Kier molecular flexibility index (Phi) is 3.85. The van der Waals surface area contributed by atoms with Crippen LogP contribution in [0.15, 0.2) is 23.2 Å². The average Bonchev–Trinajstić information content (AvgIpc) is 2.38. The Morgan fingerprint density at radius 3 is 3.11 bits per heavy atom. The first-order chi connectivity index (χ1) is 8.74. The monoisotopic (exact) mass is 260 g/mol. The quantitative estimate of drug-likeness (QED) is 0.350. The van der Waals surface area contributed by atoms with Gasteiger partial charge in [0.05, 0.1) is 5.69 Å². The van der Waals surface area contributed by atoms with E-state index in [1.807, 2.05) is 30.6 Å². The van der Waals surface area contributed by atoms with Crippen molar-refractivity contribution in [1.82, 2.24) is 5.32 Å². The van der Waals surface area contributed by atoms with Crippen molar-refractivity contribution in [3.8, 4) is 6.19 Å². The minimum absolute atomic E-state index is 0.0314. The van der Waals surface area contributed by atoms with Crippen LogP contribution < -0.4 is 10.6 Å². The van der Waals surface area contributed by atoms with Crippen LogP contribution in [-0.4, -0.2) is 17.3 Å². The summed E-state index contributed by atoms with van der Waals surface area (Å²) < 4.78 is 0. The zero-order valence-corrected chi connectivity index (χ0v) is 10.7. The molecule has 2 rings (SSSR count). The third-order valence-electron chi connectivity index (χ3n) is 2.61. The lowest BCUT2D eigenvalue weighted by molar-refractivity contribution is -0.116. The van der Waals surface area contributed by atoms with Crippen molar-refractivity contribution in [1.29, 1.82) is 5.26 Å². The highest BCUT2D eigenvalue weighted by molar-refractivity contribution is 8.13. The highest BCUT2D eigenvalue weighted by Gasteiger charge is 2.17. The average molecular weight is 260 g/mol. The topological polar surface area (TPSA) is 77.3 Å². The lowest BCUT2D eigenvalue weighted by Gasteiger charge is -2.18. The van der Waals surface area contributed by atoms with E-state index in [2.05, 4.69) is 15.6 Å². The van der Waals surface area contributed by atoms with Crippen LogP contribution >= 0.6 is 11.8 Å². The number of benzene rings is 1. The molecular weight excluding hydrogens is 248 g/mol. The molecule has 0 saturated carbocycles. The van der Waals surface area contributed by atoms with Gasteiger partial charge in [-0.3, -0.25) is 10.1 Å². The van der Waals surface area contributed by atoms with Crippen LogP contribution in [0.2, 0.25) is 0 Å². The maximum atomic E-state index is 11.3. The van der Waals surface area contributed by atoms with Gasteiger partial charge in [-0.15, -0.1) is 0 Å². The zero-order valence-electron chi connectivity index (χ0n) is 9.86. The van der Waals surface area contributed by atoms with E-state index in [1.54, 1.807) is 0 Å². The smallest absolute Gasteiger partial charge is 0.224 e. The SMILES string of the molecule is CSC(=Nc1cccc2c1CCC(=O)N2)NC#N. The second-order valence-electron chi connectivity index (χ2n) is 3.71. The largest absolute Gasteiger partial charge is 0.326 e. The van der Waals surface area contributed by atoms with Gasteiger partial charge in [0.15, 0.2) is 11.4 Å².